The van der Waals surface area contributed by atoms with Gasteiger partial charge in [0.25, 0.3) is 0 Å². The molecular formula is C11H22N2O4S. The second-order valence-electron chi connectivity index (χ2n) is 3.69. The number of carboxylic acid groups (broad SMARTS) is 1. The minimum Gasteiger partial charge on any atom is -0.480 e. The highest BCUT2D eigenvalue weighted by atomic mass is 32.2. The molecule has 2 N–H and O–H groups in total. The molecule has 106 valence electrons. The molecular weight excluding hydrogens is 256 g/mol. The molecule has 1 atom stereocenters. The van der Waals surface area contributed by atoms with Crippen molar-refractivity contribution in [1.29, 1.82) is 0 Å². The zero-order chi connectivity index (χ0) is 14.0. The molecule has 0 rings (SSSR count). The molecule has 7 heteroatoms. The summed E-state index contributed by atoms with van der Waals surface area (Å²) < 4.78 is 4.90. The average molecular weight is 278 g/mol. The van der Waals surface area contributed by atoms with E-state index in [1.54, 1.807) is 18.9 Å². The summed E-state index contributed by atoms with van der Waals surface area (Å²) in [4.78, 5) is 24.4. The second kappa shape index (κ2) is 10.0. The van der Waals surface area contributed by atoms with Crippen molar-refractivity contribution in [2.24, 2.45) is 0 Å². The number of amides is 2. The van der Waals surface area contributed by atoms with Crippen LogP contribution in [0.4, 0.5) is 4.79 Å². The molecule has 0 aliphatic rings. The minimum atomic E-state index is -1.000. The summed E-state index contributed by atoms with van der Waals surface area (Å²) in [5.74, 6) is -0.304. The van der Waals surface area contributed by atoms with Crippen LogP contribution in [-0.4, -0.2) is 66.9 Å². The summed E-state index contributed by atoms with van der Waals surface area (Å²) in [5, 5.41) is 11.5. The van der Waals surface area contributed by atoms with Crippen LogP contribution in [0.5, 0.6) is 0 Å². The number of ether oxygens (including phenoxy) is 1. The van der Waals surface area contributed by atoms with Gasteiger partial charge in [0.15, 0.2) is 0 Å². The van der Waals surface area contributed by atoms with Crippen LogP contribution in [0, 0.1) is 0 Å². The van der Waals surface area contributed by atoms with Crippen LogP contribution in [0.3, 0.4) is 0 Å². The maximum Gasteiger partial charge on any atom is 0.326 e. The van der Waals surface area contributed by atoms with Gasteiger partial charge in [-0.1, -0.05) is 0 Å². The molecule has 0 aliphatic heterocycles. The SMILES string of the molecule is CCN(CCOC)C(=O)N[C@H](CCSC)C(=O)O. The monoisotopic (exact) mass is 278 g/mol. The van der Waals surface area contributed by atoms with Crippen LogP contribution in [0.25, 0.3) is 0 Å². The number of thioether (sulfide) groups is 1. The van der Waals surface area contributed by atoms with E-state index in [9.17, 15) is 9.59 Å². The van der Waals surface area contributed by atoms with E-state index in [-0.39, 0.29) is 6.03 Å². The summed E-state index contributed by atoms with van der Waals surface area (Å²) in [6, 6.07) is -1.19. The Morgan fingerprint density at radius 3 is 2.61 bits per heavy atom. The van der Waals surface area contributed by atoms with Crippen molar-refractivity contribution in [3.8, 4) is 0 Å². The standard InChI is InChI=1S/C11H22N2O4S/c1-4-13(6-7-17-2)11(16)12-9(10(14)15)5-8-18-3/h9H,4-8H2,1-3H3,(H,12,16)(H,14,15)/t9-/m1/s1. The third kappa shape index (κ3) is 6.70. The molecule has 0 aromatic heterocycles. The zero-order valence-corrected chi connectivity index (χ0v) is 12.0. The first-order valence-electron chi connectivity index (χ1n) is 5.82. The lowest BCUT2D eigenvalue weighted by Gasteiger charge is -2.23. The van der Waals surface area contributed by atoms with E-state index in [1.165, 1.54) is 4.90 Å². The molecule has 0 fully saturated rings. The van der Waals surface area contributed by atoms with Crippen LogP contribution >= 0.6 is 11.8 Å². The van der Waals surface area contributed by atoms with Gasteiger partial charge in [0, 0.05) is 20.2 Å². The van der Waals surface area contributed by atoms with Crippen LogP contribution in [-0.2, 0) is 9.53 Å². The Kier molecular flexibility index (Phi) is 9.49. The number of urea groups is 1. The number of nitrogens with zero attached hydrogens (tertiary/aromatic N) is 1. The summed E-state index contributed by atoms with van der Waals surface area (Å²) in [6.07, 6.45) is 2.32. The van der Waals surface area contributed by atoms with Crippen molar-refractivity contribution in [1.82, 2.24) is 10.2 Å². The Labute approximate surface area is 112 Å². The Morgan fingerprint density at radius 2 is 2.17 bits per heavy atom. The Hall–Kier alpha value is -0.950. The van der Waals surface area contributed by atoms with Gasteiger partial charge >= 0.3 is 12.0 Å². The van der Waals surface area contributed by atoms with E-state index in [0.29, 0.717) is 31.9 Å². The van der Waals surface area contributed by atoms with Gasteiger partial charge in [-0.2, -0.15) is 11.8 Å². The van der Waals surface area contributed by atoms with Crippen LogP contribution in [0.1, 0.15) is 13.3 Å². The number of likely N-dealkylation sites (N-methyl/N-ethyl adjacent to an activating group) is 1. The molecule has 0 aromatic rings. The molecule has 0 heterocycles. The maximum atomic E-state index is 11.8. The molecule has 6 nitrogen and oxygen atoms in total. The highest BCUT2D eigenvalue weighted by Crippen LogP contribution is 2.02. The quantitative estimate of drug-likeness (QED) is 0.654. The Morgan fingerprint density at radius 1 is 1.50 bits per heavy atom. The Bertz CT molecular complexity index is 263. The number of carbonyl (C=O) groups is 2. The number of nitrogens with one attached hydrogen (secondary N) is 1. The normalized spacial score (nSPS) is 11.9. The topological polar surface area (TPSA) is 78.9 Å². The summed E-state index contributed by atoms with van der Waals surface area (Å²) >= 11 is 1.55. The molecule has 0 saturated heterocycles. The number of carboxylic acids is 1. The fourth-order valence-corrected chi connectivity index (χ4v) is 1.81. The number of hydrogen-bond acceptors (Lipinski definition) is 4. The maximum absolute atomic E-state index is 11.8. The van der Waals surface area contributed by atoms with Crippen LogP contribution in [0.2, 0.25) is 0 Å². The summed E-state index contributed by atoms with van der Waals surface area (Å²) in [7, 11) is 1.56. The van der Waals surface area contributed by atoms with Gasteiger partial charge in [-0.15, -0.1) is 0 Å². The molecule has 0 bridgehead atoms. The lowest BCUT2D eigenvalue weighted by molar-refractivity contribution is -0.139. The largest absolute Gasteiger partial charge is 0.480 e. The predicted octanol–water partition coefficient (Wildman–Crippen LogP) is 0.871. The predicted molar refractivity (Wildman–Crippen MR) is 72.1 cm³/mol. The molecule has 2 amide bonds. The van der Waals surface area contributed by atoms with Gasteiger partial charge in [-0.05, 0) is 25.4 Å². The summed E-state index contributed by atoms with van der Waals surface area (Å²) in [6.45, 7) is 3.24. The van der Waals surface area contributed by atoms with E-state index in [2.05, 4.69) is 5.32 Å². The van der Waals surface area contributed by atoms with Gasteiger partial charge in [-0.25, -0.2) is 9.59 Å². The molecule has 0 radical (unpaired) electrons. The van der Waals surface area contributed by atoms with Crippen molar-refractivity contribution in [3.63, 3.8) is 0 Å². The molecule has 18 heavy (non-hydrogen) atoms. The van der Waals surface area contributed by atoms with Gasteiger partial charge in [0.1, 0.15) is 6.04 Å². The highest BCUT2D eigenvalue weighted by Gasteiger charge is 2.21. The second-order valence-corrected chi connectivity index (χ2v) is 4.68. The fourth-order valence-electron chi connectivity index (χ4n) is 1.34. The van der Waals surface area contributed by atoms with Crippen molar-refractivity contribution in [2.75, 3.05) is 38.8 Å². The van der Waals surface area contributed by atoms with Crippen molar-refractivity contribution >= 4 is 23.8 Å². The van der Waals surface area contributed by atoms with E-state index in [4.69, 9.17) is 9.84 Å². The van der Waals surface area contributed by atoms with Gasteiger partial charge in [0.2, 0.25) is 0 Å². The number of rotatable bonds is 9. The lowest BCUT2D eigenvalue weighted by atomic mass is 10.2. The van der Waals surface area contributed by atoms with Gasteiger partial charge < -0.3 is 20.1 Å². The third-order valence-corrected chi connectivity index (χ3v) is 3.08. The van der Waals surface area contributed by atoms with Crippen molar-refractivity contribution in [2.45, 2.75) is 19.4 Å². The summed E-state index contributed by atoms with van der Waals surface area (Å²) in [5.41, 5.74) is 0. The molecule has 0 spiro atoms. The van der Waals surface area contributed by atoms with E-state index < -0.39 is 12.0 Å². The van der Waals surface area contributed by atoms with Crippen LogP contribution in [0.15, 0.2) is 0 Å². The first kappa shape index (κ1) is 17.1. The van der Waals surface area contributed by atoms with Crippen LogP contribution < -0.4 is 5.32 Å². The number of methoxy groups -OCH3 is 1. The van der Waals surface area contributed by atoms with E-state index in [1.807, 2.05) is 13.2 Å². The molecule has 0 aliphatic carbocycles. The van der Waals surface area contributed by atoms with Gasteiger partial charge in [0.05, 0.1) is 6.61 Å². The molecule has 0 unspecified atom stereocenters. The molecule has 0 saturated carbocycles. The fraction of sp³-hybridized carbons (Fsp3) is 0.818. The smallest absolute Gasteiger partial charge is 0.326 e. The molecule has 0 aromatic carbocycles. The lowest BCUT2D eigenvalue weighted by Crippen LogP contribution is -2.48. The van der Waals surface area contributed by atoms with Crippen molar-refractivity contribution < 1.29 is 19.4 Å². The Balaban J connectivity index is 4.32. The number of carbonyl (C=O) groups excluding carboxylic acids is 1. The number of aliphatic carboxylic acids is 1. The average Bonchev–Trinajstić information content (AvgIpc) is 2.34. The minimum absolute atomic E-state index is 0.358. The van der Waals surface area contributed by atoms with E-state index in [0.717, 1.165) is 0 Å². The first-order chi connectivity index (χ1) is 8.56. The highest BCUT2D eigenvalue weighted by molar-refractivity contribution is 7.98. The zero-order valence-electron chi connectivity index (χ0n) is 11.1. The third-order valence-electron chi connectivity index (χ3n) is 2.44. The van der Waals surface area contributed by atoms with Gasteiger partial charge in [-0.3, -0.25) is 0 Å². The first-order valence-corrected chi connectivity index (χ1v) is 7.22. The van der Waals surface area contributed by atoms with Crippen molar-refractivity contribution in [3.05, 3.63) is 0 Å². The van der Waals surface area contributed by atoms with E-state index >= 15 is 0 Å². The number of hydrogen-bond donors (Lipinski definition) is 2.